The molecule has 0 aliphatic carbocycles. The monoisotopic (exact) mass is 196 g/mol. The van der Waals surface area contributed by atoms with Gasteiger partial charge in [0, 0.05) is 6.42 Å². The summed E-state index contributed by atoms with van der Waals surface area (Å²) in [4.78, 5) is 10.2. The molecule has 1 aromatic carbocycles. The Morgan fingerprint density at radius 1 is 1.50 bits per heavy atom. The Kier molecular flexibility index (Phi) is 3.63. The molecule has 14 heavy (non-hydrogen) atoms. The quantitative estimate of drug-likeness (QED) is 0.690. The second kappa shape index (κ2) is 4.74. The first kappa shape index (κ1) is 10.7. The third-order valence-electron chi connectivity index (χ3n) is 2.09. The molecule has 2 nitrogen and oxygen atoms in total. The van der Waals surface area contributed by atoms with Crippen LogP contribution in [0.1, 0.15) is 17.5 Å². The van der Waals surface area contributed by atoms with E-state index in [1.165, 1.54) is 13.2 Å². The van der Waals surface area contributed by atoms with Crippen LogP contribution in [-0.4, -0.2) is 13.4 Å². The molecule has 76 valence electrons. The van der Waals surface area contributed by atoms with E-state index in [1.807, 2.05) is 0 Å². The molecule has 0 bridgehead atoms. The number of methoxy groups -OCH3 is 1. The third kappa shape index (κ3) is 2.31. The van der Waals surface area contributed by atoms with E-state index in [9.17, 15) is 9.18 Å². The van der Waals surface area contributed by atoms with Crippen LogP contribution >= 0.6 is 0 Å². The van der Waals surface area contributed by atoms with Crippen LogP contribution in [0.5, 0.6) is 5.75 Å². The van der Waals surface area contributed by atoms with Crippen molar-refractivity contribution in [3.63, 3.8) is 0 Å². The molecule has 0 N–H and O–H groups in total. The minimum atomic E-state index is -0.258. The average molecular weight is 196 g/mol. The van der Waals surface area contributed by atoms with Gasteiger partial charge in [-0.15, -0.1) is 0 Å². The number of benzene rings is 1. The molecule has 1 rings (SSSR count). The topological polar surface area (TPSA) is 26.3 Å². The van der Waals surface area contributed by atoms with Crippen LogP contribution in [0.3, 0.4) is 0 Å². The molecule has 0 saturated heterocycles. The third-order valence-corrected chi connectivity index (χ3v) is 2.09. The number of ether oxygens (including phenoxy) is 1. The van der Waals surface area contributed by atoms with E-state index < -0.39 is 0 Å². The molecule has 0 aromatic heterocycles. The number of aryl methyl sites for hydroxylation is 2. The van der Waals surface area contributed by atoms with E-state index in [-0.39, 0.29) is 5.82 Å². The average Bonchev–Trinajstić information content (AvgIpc) is 2.19. The lowest BCUT2D eigenvalue weighted by atomic mass is 10.1. The summed E-state index contributed by atoms with van der Waals surface area (Å²) in [6, 6.07) is 3.08. The fourth-order valence-electron chi connectivity index (χ4n) is 1.30. The molecular formula is C11H13FO2. The lowest BCUT2D eigenvalue weighted by Gasteiger charge is -2.08. The molecule has 0 heterocycles. The molecule has 1 aromatic rings. The maximum Gasteiger partial charge on any atom is 0.126 e. The molecule has 3 heteroatoms. The zero-order valence-corrected chi connectivity index (χ0v) is 8.34. The smallest absolute Gasteiger partial charge is 0.126 e. The standard InChI is InChI=1S/C11H13FO2/c1-8-6-11(14-2)9(4-3-5-13)7-10(8)12/h5-7H,3-4H2,1-2H3. The van der Waals surface area contributed by atoms with Crippen LogP contribution in [-0.2, 0) is 11.2 Å². The van der Waals surface area contributed by atoms with Gasteiger partial charge in [-0.25, -0.2) is 4.39 Å². The number of hydrogen-bond acceptors (Lipinski definition) is 2. The molecule has 0 unspecified atom stereocenters. The van der Waals surface area contributed by atoms with Gasteiger partial charge in [-0.2, -0.15) is 0 Å². The SMILES string of the molecule is COc1cc(C)c(F)cc1CCC=O. The summed E-state index contributed by atoms with van der Waals surface area (Å²) in [7, 11) is 1.54. The lowest BCUT2D eigenvalue weighted by molar-refractivity contribution is -0.107. The summed E-state index contributed by atoms with van der Waals surface area (Å²) in [5.74, 6) is 0.387. The number of aldehydes is 1. The van der Waals surface area contributed by atoms with Crippen molar-refractivity contribution in [1.29, 1.82) is 0 Å². The highest BCUT2D eigenvalue weighted by Gasteiger charge is 2.07. The predicted molar refractivity (Wildman–Crippen MR) is 52.1 cm³/mol. The van der Waals surface area contributed by atoms with Gasteiger partial charge >= 0.3 is 0 Å². The highest BCUT2D eigenvalue weighted by Crippen LogP contribution is 2.23. The summed E-state index contributed by atoms with van der Waals surface area (Å²) in [5, 5.41) is 0. The van der Waals surface area contributed by atoms with Crippen molar-refractivity contribution in [1.82, 2.24) is 0 Å². The molecule has 0 saturated carbocycles. The molecular weight excluding hydrogens is 183 g/mol. The zero-order chi connectivity index (χ0) is 10.6. The Morgan fingerprint density at radius 3 is 2.79 bits per heavy atom. The first-order chi connectivity index (χ1) is 6.69. The first-order valence-corrected chi connectivity index (χ1v) is 4.45. The van der Waals surface area contributed by atoms with Crippen molar-refractivity contribution >= 4 is 6.29 Å². The van der Waals surface area contributed by atoms with E-state index in [0.29, 0.717) is 24.2 Å². The molecule has 0 fully saturated rings. The van der Waals surface area contributed by atoms with Crippen molar-refractivity contribution in [2.75, 3.05) is 7.11 Å². The van der Waals surface area contributed by atoms with Crippen molar-refractivity contribution in [3.8, 4) is 5.75 Å². The summed E-state index contributed by atoms with van der Waals surface area (Å²) < 4.78 is 18.3. The Morgan fingerprint density at radius 2 is 2.21 bits per heavy atom. The van der Waals surface area contributed by atoms with Gasteiger partial charge in [0.25, 0.3) is 0 Å². The van der Waals surface area contributed by atoms with Crippen LogP contribution in [0.15, 0.2) is 12.1 Å². The van der Waals surface area contributed by atoms with Gasteiger partial charge in [-0.05, 0) is 36.6 Å². The van der Waals surface area contributed by atoms with E-state index >= 15 is 0 Å². The van der Waals surface area contributed by atoms with Crippen LogP contribution in [0, 0.1) is 12.7 Å². The number of rotatable bonds is 4. The molecule has 0 spiro atoms. The molecule has 0 amide bonds. The first-order valence-electron chi connectivity index (χ1n) is 4.45. The number of carbonyl (C=O) groups excluding carboxylic acids is 1. The van der Waals surface area contributed by atoms with Crippen LogP contribution in [0.2, 0.25) is 0 Å². The lowest BCUT2D eigenvalue weighted by Crippen LogP contribution is -1.96. The number of carbonyl (C=O) groups is 1. The fourth-order valence-corrected chi connectivity index (χ4v) is 1.30. The molecule has 0 aliphatic heterocycles. The molecule has 0 atom stereocenters. The minimum Gasteiger partial charge on any atom is -0.496 e. The Balaban J connectivity index is 3.00. The Hall–Kier alpha value is -1.38. The van der Waals surface area contributed by atoms with E-state index in [1.54, 1.807) is 13.0 Å². The van der Waals surface area contributed by atoms with Gasteiger partial charge in [0.15, 0.2) is 0 Å². The Bertz CT molecular complexity index is 334. The second-order valence-electron chi connectivity index (χ2n) is 3.12. The van der Waals surface area contributed by atoms with Crippen molar-refractivity contribution in [2.24, 2.45) is 0 Å². The van der Waals surface area contributed by atoms with Crippen LogP contribution in [0.4, 0.5) is 4.39 Å². The van der Waals surface area contributed by atoms with Gasteiger partial charge < -0.3 is 9.53 Å². The van der Waals surface area contributed by atoms with E-state index in [0.717, 1.165) is 11.8 Å². The van der Waals surface area contributed by atoms with Crippen LogP contribution < -0.4 is 4.74 Å². The summed E-state index contributed by atoms with van der Waals surface area (Å²) >= 11 is 0. The normalized spacial score (nSPS) is 9.93. The highest BCUT2D eigenvalue weighted by molar-refractivity contribution is 5.51. The van der Waals surface area contributed by atoms with Crippen LogP contribution in [0.25, 0.3) is 0 Å². The van der Waals surface area contributed by atoms with Gasteiger partial charge in [0.1, 0.15) is 17.9 Å². The largest absolute Gasteiger partial charge is 0.496 e. The van der Waals surface area contributed by atoms with Gasteiger partial charge in [-0.1, -0.05) is 0 Å². The van der Waals surface area contributed by atoms with Gasteiger partial charge in [-0.3, -0.25) is 0 Å². The van der Waals surface area contributed by atoms with Crippen molar-refractivity contribution < 1.29 is 13.9 Å². The zero-order valence-electron chi connectivity index (χ0n) is 8.34. The number of hydrogen-bond donors (Lipinski definition) is 0. The predicted octanol–water partition coefficient (Wildman–Crippen LogP) is 2.27. The summed E-state index contributed by atoms with van der Waals surface area (Å²) in [6.45, 7) is 1.68. The highest BCUT2D eigenvalue weighted by atomic mass is 19.1. The van der Waals surface area contributed by atoms with Crippen molar-refractivity contribution in [3.05, 3.63) is 29.1 Å². The summed E-state index contributed by atoms with van der Waals surface area (Å²) in [5.41, 5.74) is 1.29. The van der Waals surface area contributed by atoms with E-state index in [4.69, 9.17) is 4.74 Å². The van der Waals surface area contributed by atoms with Gasteiger partial charge in [0.05, 0.1) is 7.11 Å². The maximum atomic E-state index is 13.2. The second-order valence-corrected chi connectivity index (χ2v) is 3.12. The Labute approximate surface area is 82.7 Å². The maximum absolute atomic E-state index is 13.2. The number of halogens is 1. The van der Waals surface area contributed by atoms with Gasteiger partial charge in [0.2, 0.25) is 0 Å². The van der Waals surface area contributed by atoms with Crippen molar-refractivity contribution in [2.45, 2.75) is 19.8 Å². The summed E-state index contributed by atoms with van der Waals surface area (Å²) in [6.07, 6.45) is 1.72. The minimum absolute atomic E-state index is 0.258. The van der Waals surface area contributed by atoms with E-state index in [2.05, 4.69) is 0 Å². The molecule has 0 aliphatic rings. The molecule has 0 radical (unpaired) electrons. The fraction of sp³-hybridized carbons (Fsp3) is 0.364.